The molecule has 0 bridgehead atoms. The lowest BCUT2D eigenvalue weighted by Crippen LogP contribution is -2.54. The topological polar surface area (TPSA) is 113 Å². The van der Waals surface area contributed by atoms with E-state index in [9.17, 15) is 24.3 Å². The van der Waals surface area contributed by atoms with Crippen LogP contribution in [0, 0.1) is 11.3 Å². The van der Waals surface area contributed by atoms with Crippen molar-refractivity contribution in [3.63, 3.8) is 0 Å². The highest BCUT2D eigenvalue weighted by Gasteiger charge is 2.59. The van der Waals surface area contributed by atoms with E-state index in [-0.39, 0.29) is 36.0 Å². The highest BCUT2D eigenvalue weighted by molar-refractivity contribution is 6.13. The van der Waals surface area contributed by atoms with Crippen LogP contribution in [0.4, 0.5) is 0 Å². The molecule has 1 aromatic heterocycles. The molecule has 178 valence electrons. The van der Waals surface area contributed by atoms with E-state index in [1.54, 1.807) is 32.0 Å². The fraction of sp³-hybridized carbons (Fsp3) is 0.440. The Labute approximate surface area is 195 Å². The van der Waals surface area contributed by atoms with Gasteiger partial charge in [-0.25, -0.2) is 23.5 Å². The Balaban J connectivity index is 1.80. The maximum Gasteiger partial charge on any atom is 0.347 e. The first kappa shape index (κ1) is 22.2. The van der Waals surface area contributed by atoms with E-state index < -0.39 is 34.7 Å². The molecule has 0 saturated heterocycles. The molecule has 1 aromatic carbocycles. The summed E-state index contributed by atoms with van der Waals surface area (Å²) in [5.41, 5.74) is -0.500. The summed E-state index contributed by atoms with van der Waals surface area (Å²) in [6, 6.07) is 4.52. The average Bonchev–Trinajstić information content (AvgIpc) is 3.03. The number of aromatic hydroxyl groups is 1. The molecule has 1 saturated carbocycles. The summed E-state index contributed by atoms with van der Waals surface area (Å²) in [5.74, 6) is -1.56. The van der Waals surface area contributed by atoms with Crippen molar-refractivity contribution in [3.8, 4) is 11.5 Å². The van der Waals surface area contributed by atoms with Crippen LogP contribution in [0.25, 0.3) is 0 Å². The molecule has 0 radical (unpaired) electrons. The summed E-state index contributed by atoms with van der Waals surface area (Å²) in [4.78, 5) is 52.6. The number of hydrogen-bond acceptors (Lipinski definition) is 6. The monoisotopic (exact) mass is 465 g/mol. The molecular weight excluding hydrogens is 438 g/mol. The van der Waals surface area contributed by atoms with Gasteiger partial charge >= 0.3 is 11.4 Å². The van der Waals surface area contributed by atoms with Crippen LogP contribution < -0.4 is 16.1 Å². The number of fused-ring (bicyclic) bond motifs is 4. The van der Waals surface area contributed by atoms with Crippen LogP contribution in [-0.2, 0) is 23.2 Å². The van der Waals surface area contributed by atoms with Gasteiger partial charge in [-0.05, 0) is 43.6 Å². The Hall–Kier alpha value is -3.62. The number of ketones is 2. The van der Waals surface area contributed by atoms with Crippen LogP contribution >= 0.6 is 0 Å². The highest BCUT2D eigenvalue weighted by Crippen LogP contribution is 2.61. The van der Waals surface area contributed by atoms with Crippen molar-refractivity contribution in [1.82, 2.24) is 13.9 Å². The van der Waals surface area contributed by atoms with Gasteiger partial charge in [-0.1, -0.05) is 25.1 Å². The van der Waals surface area contributed by atoms with Gasteiger partial charge < -0.3 is 9.84 Å². The number of ether oxygens (including phenoxy) is 1. The van der Waals surface area contributed by atoms with Gasteiger partial charge in [0.25, 0.3) is 0 Å². The molecular formula is C25H27N3O6. The first-order chi connectivity index (χ1) is 16.1. The molecule has 0 spiro atoms. The number of carbonyl (C=O) groups excluding carboxylic acids is 2. The van der Waals surface area contributed by atoms with Gasteiger partial charge in [-0.15, -0.1) is 0 Å². The number of aromatic nitrogens is 3. The number of Topliss-reactive ketones (excluding diaryl/α,β-unsaturated/α-hetero) is 1. The van der Waals surface area contributed by atoms with E-state index in [2.05, 4.69) is 0 Å². The molecule has 3 aliphatic rings. The number of nitrogens with zero attached hydrogens (tertiary/aromatic N) is 3. The number of allylic oxidation sites excluding steroid dienone is 4. The van der Waals surface area contributed by atoms with Gasteiger partial charge in [0.2, 0.25) is 0 Å². The predicted octanol–water partition coefficient (Wildman–Crippen LogP) is 1.84. The number of benzene rings is 1. The minimum absolute atomic E-state index is 0.0919. The molecule has 1 aliphatic heterocycles. The van der Waals surface area contributed by atoms with Crippen LogP contribution in [0.1, 0.15) is 44.7 Å². The molecule has 9 heteroatoms. The number of phenolic OH excluding ortho intramolecular Hbond substituents is 1. The smallest absolute Gasteiger partial charge is 0.347 e. The first-order valence-electron chi connectivity index (χ1n) is 11.4. The maximum absolute atomic E-state index is 13.6. The predicted molar refractivity (Wildman–Crippen MR) is 123 cm³/mol. The van der Waals surface area contributed by atoms with Gasteiger partial charge in [0.05, 0.1) is 24.6 Å². The van der Waals surface area contributed by atoms with E-state index >= 15 is 0 Å². The molecule has 2 heterocycles. The fourth-order valence-corrected chi connectivity index (χ4v) is 6.04. The Kier molecular flexibility index (Phi) is 4.86. The minimum Gasteiger partial charge on any atom is -0.504 e. The van der Waals surface area contributed by atoms with Crippen molar-refractivity contribution < 1.29 is 19.4 Å². The summed E-state index contributed by atoms with van der Waals surface area (Å²) in [5, 5.41) is 11.2. The number of phenols is 1. The largest absolute Gasteiger partial charge is 0.504 e. The molecule has 1 N–H and O–H groups in total. The molecule has 4 atom stereocenters. The van der Waals surface area contributed by atoms with Crippen LogP contribution in [0.15, 0.2) is 51.1 Å². The molecule has 0 unspecified atom stereocenters. The fourth-order valence-electron chi connectivity index (χ4n) is 6.04. The molecule has 9 nitrogen and oxygen atoms in total. The molecule has 2 aromatic rings. The number of carbonyl (C=O) groups is 2. The second kappa shape index (κ2) is 7.44. The first-order valence-corrected chi connectivity index (χ1v) is 11.4. The van der Waals surface area contributed by atoms with Crippen LogP contribution in [0.2, 0.25) is 0 Å². The number of rotatable bonds is 3. The molecule has 34 heavy (non-hydrogen) atoms. The highest BCUT2D eigenvalue weighted by atomic mass is 16.5. The zero-order valence-corrected chi connectivity index (χ0v) is 19.6. The maximum atomic E-state index is 13.6. The van der Waals surface area contributed by atoms with E-state index in [1.165, 1.54) is 22.5 Å². The summed E-state index contributed by atoms with van der Waals surface area (Å²) >= 11 is 0. The van der Waals surface area contributed by atoms with Crippen molar-refractivity contribution in [2.45, 2.75) is 45.7 Å². The molecule has 5 rings (SSSR count). The van der Waals surface area contributed by atoms with E-state index in [0.717, 1.165) is 10.1 Å². The van der Waals surface area contributed by atoms with Gasteiger partial charge in [0.15, 0.2) is 23.1 Å². The zero-order valence-electron chi connectivity index (χ0n) is 19.6. The van der Waals surface area contributed by atoms with Gasteiger partial charge in [-0.2, -0.15) is 0 Å². The molecule has 0 amide bonds. The van der Waals surface area contributed by atoms with Crippen molar-refractivity contribution in [1.29, 1.82) is 0 Å². The third-order valence-electron chi connectivity index (χ3n) is 7.77. The van der Waals surface area contributed by atoms with E-state index in [4.69, 9.17) is 4.74 Å². The Morgan fingerprint density at radius 1 is 1.18 bits per heavy atom. The van der Waals surface area contributed by atoms with Crippen LogP contribution in [-0.4, -0.2) is 37.2 Å². The Morgan fingerprint density at radius 2 is 1.91 bits per heavy atom. The van der Waals surface area contributed by atoms with Gasteiger partial charge in [0, 0.05) is 24.4 Å². The average molecular weight is 466 g/mol. The van der Waals surface area contributed by atoms with E-state index in [1.807, 2.05) is 13.0 Å². The van der Waals surface area contributed by atoms with Crippen LogP contribution in [0.5, 0.6) is 11.5 Å². The lowest BCUT2D eigenvalue weighted by atomic mass is 9.51. The lowest BCUT2D eigenvalue weighted by molar-refractivity contribution is -0.139. The van der Waals surface area contributed by atoms with Crippen LogP contribution in [0.3, 0.4) is 0 Å². The summed E-state index contributed by atoms with van der Waals surface area (Å²) in [7, 11) is 1.42. The SMILES string of the molecule is CCOc1cccc([C@H]2C3=CCn4c(=O)n(C)c(=O)n4[C@@H]3C[C@H]3C(=O)C(C)=CC(=O)[C@@]23C)c1O. The van der Waals surface area contributed by atoms with Gasteiger partial charge in [-0.3, -0.25) is 9.59 Å². The van der Waals surface area contributed by atoms with Crippen molar-refractivity contribution in [2.24, 2.45) is 18.4 Å². The number of para-hydroxylation sites is 1. The quantitative estimate of drug-likeness (QED) is 0.693. The van der Waals surface area contributed by atoms with E-state index in [0.29, 0.717) is 17.7 Å². The van der Waals surface area contributed by atoms with Crippen molar-refractivity contribution in [2.75, 3.05) is 6.61 Å². The summed E-state index contributed by atoms with van der Waals surface area (Å²) < 4.78 is 9.41. The zero-order chi connectivity index (χ0) is 24.5. The normalized spacial score (nSPS) is 27.9. The van der Waals surface area contributed by atoms with Gasteiger partial charge in [0.1, 0.15) is 0 Å². The standard InChI is InChI=1S/C25H27N3O6/c1-5-34-18-8-6-7-15(22(18)31)20-14-9-10-27-23(32)26(4)24(33)28(27)17(14)12-16-21(30)13(2)11-19(29)25(16,20)3/h6-9,11,16-17,20,31H,5,10,12H2,1-4H3/t16-,17+,20+,25-/m0/s1. The second-order valence-electron chi connectivity index (χ2n) is 9.46. The third kappa shape index (κ3) is 2.72. The number of hydrogen-bond donors (Lipinski definition) is 1. The summed E-state index contributed by atoms with van der Waals surface area (Å²) in [6.07, 6.45) is 3.46. The Bertz CT molecular complexity index is 1420. The van der Waals surface area contributed by atoms with Crippen molar-refractivity contribution >= 4 is 11.6 Å². The lowest BCUT2D eigenvalue weighted by Gasteiger charge is -2.52. The molecule has 2 aliphatic carbocycles. The molecule has 1 fully saturated rings. The Morgan fingerprint density at radius 3 is 2.62 bits per heavy atom. The third-order valence-corrected chi connectivity index (χ3v) is 7.77. The van der Waals surface area contributed by atoms with Crippen molar-refractivity contribution in [3.05, 3.63) is 68.0 Å². The second-order valence-corrected chi connectivity index (χ2v) is 9.46. The minimum atomic E-state index is -1.16. The summed E-state index contributed by atoms with van der Waals surface area (Å²) in [6.45, 7) is 5.70.